The van der Waals surface area contributed by atoms with Crippen LogP contribution in [0.1, 0.15) is 11.1 Å². The number of ether oxygens (including phenoxy) is 1. The molecule has 0 unspecified atom stereocenters. The molecule has 1 aliphatic heterocycles. The number of aromatic hydroxyl groups is 1. The number of hydrogen-bond acceptors (Lipinski definition) is 7. The zero-order chi connectivity index (χ0) is 17.2. The Balaban J connectivity index is 1.70. The lowest BCUT2D eigenvalue weighted by atomic mass is 10.2. The number of fused-ring (bicyclic) bond motifs is 1. The molecule has 0 spiro atoms. The van der Waals surface area contributed by atoms with Crippen molar-refractivity contribution in [3.05, 3.63) is 41.7 Å². The molecular formula is C17H18N6O2. The third kappa shape index (κ3) is 3.16. The van der Waals surface area contributed by atoms with E-state index < -0.39 is 0 Å². The van der Waals surface area contributed by atoms with Crippen LogP contribution in [0.2, 0.25) is 0 Å². The minimum Gasteiger partial charge on any atom is -0.492 e. The van der Waals surface area contributed by atoms with E-state index in [1.165, 1.54) is 6.33 Å². The van der Waals surface area contributed by atoms with Crippen molar-refractivity contribution < 1.29 is 9.84 Å². The van der Waals surface area contributed by atoms with E-state index in [0.717, 1.165) is 11.1 Å². The summed E-state index contributed by atoms with van der Waals surface area (Å²) in [4.78, 5) is 14.8. The number of aryl methyl sites for hydroxylation is 1. The Morgan fingerprint density at radius 2 is 2.08 bits per heavy atom. The van der Waals surface area contributed by atoms with Crippen LogP contribution in [0, 0.1) is 6.92 Å². The average molecular weight is 338 g/mol. The highest BCUT2D eigenvalue weighted by Gasteiger charge is 2.18. The summed E-state index contributed by atoms with van der Waals surface area (Å²) in [5.41, 5.74) is 2.94. The Kier molecular flexibility index (Phi) is 4.02. The van der Waals surface area contributed by atoms with E-state index in [9.17, 15) is 5.11 Å². The molecule has 8 nitrogen and oxygen atoms in total. The fraction of sp³-hybridized carbons (Fsp3) is 0.294. The fourth-order valence-corrected chi connectivity index (χ4v) is 2.73. The Bertz CT molecular complexity index is 930. The van der Waals surface area contributed by atoms with Crippen LogP contribution in [-0.4, -0.2) is 57.3 Å². The molecule has 1 aliphatic rings. The number of imidazole rings is 1. The van der Waals surface area contributed by atoms with Crippen molar-refractivity contribution in [1.82, 2.24) is 19.6 Å². The summed E-state index contributed by atoms with van der Waals surface area (Å²) in [7, 11) is 0. The third-order valence-electron chi connectivity index (χ3n) is 4.02. The summed E-state index contributed by atoms with van der Waals surface area (Å²) in [5.74, 6) is 0.316. The molecule has 25 heavy (non-hydrogen) atoms. The van der Waals surface area contributed by atoms with Crippen LogP contribution in [0.4, 0.5) is 5.95 Å². The van der Waals surface area contributed by atoms with Crippen molar-refractivity contribution in [2.24, 2.45) is 5.10 Å². The van der Waals surface area contributed by atoms with Gasteiger partial charge in [0.15, 0.2) is 11.2 Å². The van der Waals surface area contributed by atoms with Crippen LogP contribution in [0.5, 0.6) is 5.88 Å². The maximum Gasteiger partial charge on any atom is 0.244 e. The van der Waals surface area contributed by atoms with E-state index in [0.29, 0.717) is 43.4 Å². The van der Waals surface area contributed by atoms with Gasteiger partial charge in [0.2, 0.25) is 11.8 Å². The van der Waals surface area contributed by atoms with Gasteiger partial charge in [0.1, 0.15) is 6.33 Å². The van der Waals surface area contributed by atoms with Gasteiger partial charge in [-0.05, 0) is 12.5 Å². The highest BCUT2D eigenvalue weighted by Crippen LogP contribution is 2.23. The Morgan fingerprint density at radius 1 is 1.24 bits per heavy atom. The van der Waals surface area contributed by atoms with Gasteiger partial charge in [-0.15, -0.1) is 0 Å². The van der Waals surface area contributed by atoms with Crippen molar-refractivity contribution in [3.8, 4) is 5.88 Å². The number of aromatic nitrogens is 4. The molecule has 1 N–H and O–H groups in total. The highest BCUT2D eigenvalue weighted by molar-refractivity contribution is 5.81. The third-order valence-corrected chi connectivity index (χ3v) is 4.02. The van der Waals surface area contributed by atoms with Gasteiger partial charge < -0.3 is 14.7 Å². The van der Waals surface area contributed by atoms with Crippen molar-refractivity contribution in [3.63, 3.8) is 0 Å². The van der Waals surface area contributed by atoms with Crippen LogP contribution >= 0.6 is 0 Å². The maximum atomic E-state index is 10.2. The van der Waals surface area contributed by atoms with Crippen LogP contribution < -0.4 is 4.90 Å². The summed E-state index contributed by atoms with van der Waals surface area (Å²) in [6.07, 6.45) is 3.26. The Hall–Kier alpha value is -3.00. The highest BCUT2D eigenvalue weighted by atomic mass is 16.5. The normalized spacial score (nSPS) is 15.3. The number of benzene rings is 1. The summed E-state index contributed by atoms with van der Waals surface area (Å²) >= 11 is 0. The van der Waals surface area contributed by atoms with Crippen LogP contribution in [0.3, 0.4) is 0 Å². The van der Waals surface area contributed by atoms with Crippen LogP contribution in [-0.2, 0) is 4.74 Å². The lowest BCUT2D eigenvalue weighted by Gasteiger charge is -2.26. The number of hydrogen-bond donors (Lipinski definition) is 1. The molecule has 1 aromatic carbocycles. The maximum absolute atomic E-state index is 10.2. The molecule has 2 aromatic heterocycles. The predicted molar refractivity (Wildman–Crippen MR) is 94.2 cm³/mol. The first-order chi connectivity index (χ1) is 12.2. The second-order valence-electron chi connectivity index (χ2n) is 5.87. The molecule has 0 atom stereocenters. The topological polar surface area (TPSA) is 88.7 Å². The van der Waals surface area contributed by atoms with E-state index in [2.05, 4.69) is 20.1 Å². The molecule has 0 bridgehead atoms. The Labute approximate surface area is 144 Å². The summed E-state index contributed by atoms with van der Waals surface area (Å²) in [6, 6.07) is 8.02. The van der Waals surface area contributed by atoms with Crippen LogP contribution in [0.25, 0.3) is 11.2 Å². The summed E-state index contributed by atoms with van der Waals surface area (Å²) in [6.45, 7) is 4.64. The number of rotatable bonds is 3. The van der Waals surface area contributed by atoms with Crippen molar-refractivity contribution in [1.29, 1.82) is 0 Å². The Morgan fingerprint density at radius 3 is 2.88 bits per heavy atom. The summed E-state index contributed by atoms with van der Waals surface area (Å²) < 4.78 is 6.89. The zero-order valence-corrected chi connectivity index (χ0v) is 13.8. The lowest BCUT2D eigenvalue weighted by molar-refractivity contribution is 0.122. The quantitative estimate of drug-likeness (QED) is 0.729. The van der Waals surface area contributed by atoms with Gasteiger partial charge in [0.25, 0.3) is 0 Å². The van der Waals surface area contributed by atoms with E-state index in [1.54, 1.807) is 10.9 Å². The van der Waals surface area contributed by atoms with Crippen LogP contribution in [0.15, 0.2) is 35.7 Å². The van der Waals surface area contributed by atoms with Crippen molar-refractivity contribution in [2.75, 3.05) is 31.2 Å². The molecule has 1 fully saturated rings. The van der Waals surface area contributed by atoms with E-state index in [4.69, 9.17) is 4.74 Å². The second-order valence-corrected chi connectivity index (χ2v) is 5.87. The van der Waals surface area contributed by atoms with Gasteiger partial charge in [0.05, 0.1) is 19.4 Å². The number of morpholine rings is 1. The monoisotopic (exact) mass is 338 g/mol. The van der Waals surface area contributed by atoms with Gasteiger partial charge in [-0.3, -0.25) is 0 Å². The first-order valence-corrected chi connectivity index (χ1v) is 8.08. The van der Waals surface area contributed by atoms with Gasteiger partial charge in [-0.1, -0.05) is 29.8 Å². The predicted octanol–water partition coefficient (Wildman–Crippen LogP) is 1.56. The molecule has 3 aromatic rings. The molecule has 0 amide bonds. The minimum absolute atomic E-state index is 0.143. The number of anilines is 1. The molecule has 1 saturated heterocycles. The van der Waals surface area contributed by atoms with E-state index in [1.807, 2.05) is 36.1 Å². The van der Waals surface area contributed by atoms with E-state index in [-0.39, 0.29) is 5.88 Å². The lowest BCUT2D eigenvalue weighted by Crippen LogP contribution is -2.37. The largest absolute Gasteiger partial charge is 0.492 e. The standard InChI is InChI=1S/C17H18N6O2/c1-12-3-2-4-13(9-12)10-19-23-11-18-14-15(23)20-17(21-16(14)24)22-5-7-25-8-6-22/h2-4,9-11H,5-8H2,1H3,(H,20,21,24). The first kappa shape index (κ1) is 15.5. The molecule has 4 rings (SSSR count). The molecule has 0 saturated carbocycles. The smallest absolute Gasteiger partial charge is 0.244 e. The minimum atomic E-state index is -0.143. The molecular weight excluding hydrogens is 320 g/mol. The molecule has 128 valence electrons. The average Bonchev–Trinajstić information content (AvgIpc) is 3.04. The molecule has 3 heterocycles. The molecule has 0 radical (unpaired) electrons. The van der Waals surface area contributed by atoms with Gasteiger partial charge in [-0.25, -0.2) is 9.66 Å². The summed E-state index contributed by atoms with van der Waals surface area (Å²) in [5, 5.41) is 14.6. The van der Waals surface area contributed by atoms with Gasteiger partial charge in [-0.2, -0.15) is 15.1 Å². The molecule has 8 heteroatoms. The first-order valence-electron chi connectivity index (χ1n) is 8.08. The van der Waals surface area contributed by atoms with Crippen molar-refractivity contribution >= 4 is 23.3 Å². The van der Waals surface area contributed by atoms with Gasteiger partial charge in [0, 0.05) is 13.1 Å². The second kappa shape index (κ2) is 6.48. The van der Waals surface area contributed by atoms with Crippen molar-refractivity contribution in [2.45, 2.75) is 6.92 Å². The van der Waals surface area contributed by atoms with Gasteiger partial charge >= 0.3 is 0 Å². The number of nitrogens with zero attached hydrogens (tertiary/aromatic N) is 6. The SMILES string of the molecule is Cc1cccc(C=Nn2cnc3c(O)nc(N4CCOCC4)nc32)c1. The zero-order valence-electron chi connectivity index (χ0n) is 13.8. The fourth-order valence-electron chi connectivity index (χ4n) is 2.73. The molecule has 0 aliphatic carbocycles. The van der Waals surface area contributed by atoms with E-state index >= 15 is 0 Å².